The zero-order valence-electron chi connectivity index (χ0n) is 18.1. The number of aromatic nitrogens is 1. The molecule has 1 aliphatic heterocycles. The van der Waals surface area contributed by atoms with Gasteiger partial charge in [-0.1, -0.05) is 25.0 Å². The van der Waals surface area contributed by atoms with Gasteiger partial charge in [0.2, 0.25) is 5.91 Å². The smallest absolute Gasteiger partial charge is 0.341 e. The van der Waals surface area contributed by atoms with E-state index in [-0.39, 0.29) is 17.8 Å². The number of amides is 1. The van der Waals surface area contributed by atoms with Crippen LogP contribution in [-0.2, 0) is 11.0 Å². The number of halogens is 3. The lowest BCUT2D eigenvalue weighted by atomic mass is 9.84. The highest BCUT2D eigenvalue weighted by Crippen LogP contribution is 2.43. The minimum absolute atomic E-state index is 0.0454. The largest absolute Gasteiger partial charge is 0.416 e. The van der Waals surface area contributed by atoms with Crippen molar-refractivity contribution < 1.29 is 18.0 Å². The van der Waals surface area contributed by atoms with Crippen LogP contribution in [0, 0.1) is 19.8 Å². The molecule has 2 aromatic rings. The summed E-state index contributed by atoms with van der Waals surface area (Å²) in [5, 5.41) is 0. The number of aryl methyl sites for hydroxylation is 2. The van der Waals surface area contributed by atoms with Gasteiger partial charge in [-0.2, -0.15) is 13.2 Å². The standard InChI is InChI=1S/C24H28F3N3O/c1-15-7-6-9-19(11-15)29(3)23(31)21-13-17-8-4-5-10-20(17)30(21)22-14-18(24(25,26)27)12-16(2)28-22/h6-7,9,11-12,14,17,20-21H,4-5,8,10,13H2,1-3H3/t17?,20-,21-/m0/s1. The van der Waals surface area contributed by atoms with Gasteiger partial charge in [-0.3, -0.25) is 4.79 Å². The van der Waals surface area contributed by atoms with Crippen molar-refractivity contribution in [3.8, 4) is 0 Å². The van der Waals surface area contributed by atoms with E-state index in [9.17, 15) is 18.0 Å². The first-order valence-corrected chi connectivity index (χ1v) is 10.8. The van der Waals surface area contributed by atoms with Crippen molar-refractivity contribution in [1.29, 1.82) is 0 Å². The number of likely N-dealkylation sites (N-methyl/N-ethyl adjacent to an activating group) is 1. The summed E-state index contributed by atoms with van der Waals surface area (Å²) < 4.78 is 40.5. The van der Waals surface area contributed by atoms with Crippen LogP contribution in [0.5, 0.6) is 0 Å². The van der Waals surface area contributed by atoms with Crippen LogP contribution in [0.1, 0.15) is 48.9 Å². The van der Waals surface area contributed by atoms with E-state index in [1.165, 1.54) is 0 Å². The van der Waals surface area contributed by atoms with Gasteiger partial charge in [0.25, 0.3) is 0 Å². The van der Waals surface area contributed by atoms with Crippen LogP contribution < -0.4 is 9.80 Å². The quantitative estimate of drug-likeness (QED) is 0.642. The van der Waals surface area contributed by atoms with Crippen molar-refractivity contribution in [3.63, 3.8) is 0 Å². The summed E-state index contributed by atoms with van der Waals surface area (Å²) in [4.78, 5) is 21.6. The SMILES string of the molecule is Cc1cccc(N(C)C(=O)[C@@H]2CC3CCCC[C@@H]3N2c2cc(C(F)(F)F)cc(C)n2)c1. The fraction of sp³-hybridized carbons (Fsp3) is 0.500. The topological polar surface area (TPSA) is 36.4 Å². The van der Waals surface area contributed by atoms with Crippen LogP contribution in [0.25, 0.3) is 0 Å². The number of carbonyl (C=O) groups is 1. The molecule has 0 bridgehead atoms. The Balaban J connectivity index is 1.73. The molecule has 4 rings (SSSR count). The molecular weight excluding hydrogens is 403 g/mol. The number of pyridine rings is 1. The highest BCUT2D eigenvalue weighted by Gasteiger charge is 2.47. The second kappa shape index (κ2) is 8.17. The highest BCUT2D eigenvalue weighted by atomic mass is 19.4. The van der Waals surface area contributed by atoms with Crippen molar-refractivity contribution in [3.05, 3.63) is 53.2 Å². The number of benzene rings is 1. The molecule has 1 aliphatic carbocycles. The maximum atomic E-state index is 13.6. The molecular formula is C24H28F3N3O. The Morgan fingerprint density at radius 2 is 1.87 bits per heavy atom. The minimum Gasteiger partial charge on any atom is -0.341 e. The number of hydrogen-bond donors (Lipinski definition) is 0. The van der Waals surface area contributed by atoms with E-state index in [0.717, 1.165) is 49.1 Å². The summed E-state index contributed by atoms with van der Waals surface area (Å²) in [6, 6.07) is 9.38. The zero-order valence-corrected chi connectivity index (χ0v) is 18.1. The number of alkyl halides is 3. The molecule has 2 aliphatic rings. The normalized spacial score (nSPS) is 23.5. The summed E-state index contributed by atoms with van der Waals surface area (Å²) in [5.74, 6) is 0.458. The van der Waals surface area contributed by atoms with Crippen molar-refractivity contribution in [2.75, 3.05) is 16.8 Å². The third-order valence-corrected chi connectivity index (χ3v) is 6.62. The average molecular weight is 432 g/mol. The van der Waals surface area contributed by atoms with Gasteiger partial charge in [0, 0.05) is 24.5 Å². The molecule has 3 atom stereocenters. The van der Waals surface area contributed by atoms with Crippen molar-refractivity contribution in [1.82, 2.24) is 4.98 Å². The Labute approximate surface area is 181 Å². The number of rotatable bonds is 3. The summed E-state index contributed by atoms with van der Waals surface area (Å²) in [5.41, 5.74) is 1.42. The molecule has 1 aromatic heterocycles. The molecule has 0 spiro atoms. The van der Waals surface area contributed by atoms with Crippen molar-refractivity contribution >= 4 is 17.4 Å². The predicted molar refractivity (Wildman–Crippen MR) is 115 cm³/mol. The molecule has 7 heteroatoms. The Hall–Kier alpha value is -2.57. The van der Waals surface area contributed by atoms with E-state index in [1.807, 2.05) is 36.1 Å². The van der Waals surface area contributed by atoms with Crippen LogP contribution in [0.4, 0.5) is 24.7 Å². The first-order valence-electron chi connectivity index (χ1n) is 10.8. The van der Waals surface area contributed by atoms with Gasteiger partial charge in [-0.25, -0.2) is 4.98 Å². The fourth-order valence-corrected chi connectivity index (χ4v) is 5.14. The molecule has 31 heavy (non-hydrogen) atoms. The number of fused-ring (bicyclic) bond motifs is 1. The molecule has 1 saturated carbocycles. The third kappa shape index (κ3) is 4.27. The molecule has 0 N–H and O–H groups in total. The summed E-state index contributed by atoms with van der Waals surface area (Å²) >= 11 is 0. The average Bonchev–Trinajstić information content (AvgIpc) is 3.11. The van der Waals surface area contributed by atoms with Crippen LogP contribution in [0.3, 0.4) is 0 Å². The summed E-state index contributed by atoms with van der Waals surface area (Å²) in [7, 11) is 1.74. The maximum Gasteiger partial charge on any atom is 0.416 e. The van der Waals surface area contributed by atoms with E-state index in [1.54, 1.807) is 18.9 Å². The van der Waals surface area contributed by atoms with Gasteiger partial charge in [-0.05, 0) is 68.9 Å². The molecule has 1 aromatic carbocycles. The summed E-state index contributed by atoms with van der Waals surface area (Å²) in [6.45, 7) is 3.54. The lowest BCUT2D eigenvalue weighted by molar-refractivity contribution is -0.137. The van der Waals surface area contributed by atoms with Gasteiger partial charge >= 0.3 is 6.18 Å². The predicted octanol–water partition coefficient (Wildman–Crippen LogP) is 5.52. The van der Waals surface area contributed by atoms with Crippen LogP contribution >= 0.6 is 0 Å². The summed E-state index contributed by atoms with van der Waals surface area (Å²) in [6.07, 6.45) is 0.183. The number of anilines is 2. The third-order valence-electron chi connectivity index (χ3n) is 6.62. The molecule has 1 amide bonds. The van der Waals surface area contributed by atoms with Crippen LogP contribution in [0.2, 0.25) is 0 Å². The number of nitrogens with zero attached hydrogens (tertiary/aromatic N) is 3. The fourth-order valence-electron chi connectivity index (χ4n) is 5.14. The van der Waals surface area contributed by atoms with E-state index >= 15 is 0 Å². The van der Waals surface area contributed by atoms with Crippen LogP contribution in [0.15, 0.2) is 36.4 Å². The molecule has 166 valence electrons. The molecule has 2 fully saturated rings. The molecule has 1 unspecified atom stereocenters. The Morgan fingerprint density at radius 3 is 2.58 bits per heavy atom. The molecule has 0 radical (unpaired) electrons. The maximum absolute atomic E-state index is 13.6. The van der Waals surface area contributed by atoms with Gasteiger partial charge in [0.1, 0.15) is 11.9 Å². The van der Waals surface area contributed by atoms with Gasteiger partial charge in [0.05, 0.1) is 5.56 Å². The van der Waals surface area contributed by atoms with Crippen molar-refractivity contribution in [2.45, 2.75) is 64.2 Å². The number of hydrogen-bond acceptors (Lipinski definition) is 3. The minimum atomic E-state index is -4.45. The highest BCUT2D eigenvalue weighted by molar-refractivity contribution is 5.99. The second-order valence-electron chi connectivity index (χ2n) is 8.86. The zero-order chi connectivity index (χ0) is 22.3. The lowest BCUT2D eigenvalue weighted by Crippen LogP contribution is -2.48. The van der Waals surface area contributed by atoms with E-state index in [0.29, 0.717) is 18.0 Å². The van der Waals surface area contributed by atoms with Crippen molar-refractivity contribution in [2.24, 2.45) is 5.92 Å². The van der Waals surface area contributed by atoms with E-state index in [4.69, 9.17) is 0 Å². The molecule has 1 saturated heterocycles. The van der Waals surface area contributed by atoms with Gasteiger partial charge in [-0.15, -0.1) is 0 Å². The van der Waals surface area contributed by atoms with E-state index < -0.39 is 17.8 Å². The lowest BCUT2D eigenvalue weighted by Gasteiger charge is -2.36. The second-order valence-corrected chi connectivity index (χ2v) is 8.86. The van der Waals surface area contributed by atoms with Gasteiger partial charge in [0.15, 0.2) is 0 Å². The Kier molecular flexibility index (Phi) is 5.71. The first kappa shape index (κ1) is 21.7. The Bertz CT molecular complexity index is 975. The molecule has 4 nitrogen and oxygen atoms in total. The molecule has 2 heterocycles. The van der Waals surface area contributed by atoms with Gasteiger partial charge < -0.3 is 9.80 Å². The first-order chi connectivity index (χ1) is 14.6. The Morgan fingerprint density at radius 1 is 1.13 bits per heavy atom. The number of carbonyl (C=O) groups excluding carboxylic acids is 1. The van der Waals surface area contributed by atoms with Crippen LogP contribution in [-0.4, -0.2) is 30.0 Å². The monoisotopic (exact) mass is 431 g/mol. The van der Waals surface area contributed by atoms with E-state index in [2.05, 4.69) is 4.98 Å².